The Balaban J connectivity index is 1.36. The third-order valence-electron chi connectivity index (χ3n) is 14.2. The maximum absolute atomic E-state index is 2.72. The summed E-state index contributed by atoms with van der Waals surface area (Å²) in [5.74, 6) is 0.317. The largest absolute Gasteiger partial charge is 0.311 e. The summed E-state index contributed by atoms with van der Waals surface area (Å²) in [6, 6.07) is 38.6. The van der Waals surface area contributed by atoms with Crippen LogP contribution in [0.15, 0.2) is 102 Å². The van der Waals surface area contributed by atoms with Crippen LogP contribution >= 0.6 is 22.7 Å². The monoisotopic (exact) mass is 874 g/mol. The fourth-order valence-electron chi connectivity index (χ4n) is 10.6. The Morgan fingerprint density at radius 2 is 1.08 bits per heavy atom. The minimum atomic E-state index is 0.0109. The summed E-state index contributed by atoms with van der Waals surface area (Å²) >= 11 is 3.85. The molecule has 8 aromatic rings. The van der Waals surface area contributed by atoms with Crippen molar-refractivity contribution in [1.29, 1.82) is 0 Å². The van der Waals surface area contributed by atoms with Gasteiger partial charge in [0, 0.05) is 47.6 Å². The third kappa shape index (κ3) is 6.70. The normalized spacial score (nSPS) is 13.9. The van der Waals surface area contributed by atoms with E-state index in [0.29, 0.717) is 5.92 Å². The lowest BCUT2D eigenvalue weighted by Gasteiger charge is -2.45. The predicted molar refractivity (Wildman–Crippen MR) is 286 cm³/mol. The van der Waals surface area contributed by atoms with Crippen molar-refractivity contribution in [2.75, 3.05) is 9.80 Å². The van der Waals surface area contributed by atoms with Crippen LogP contribution in [0, 0.1) is 27.7 Å². The molecule has 0 radical (unpaired) electrons. The lowest BCUT2D eigenvalue weighted by atomic mass is 9.36. The molecule has 0 aliphatic carbocycles. The van der Waals surface area contributed by atoms with Crippen LogP contribution in [-0.2, 0) is 16.2 Å². The van der Waals surface area contributed by atoms with Gasteiger partial charge >= 0.3 is 0 Å². The summed E-state index contributed by atoms with van der Waals surface area (Å²) < 4.78 is 4.10. The fraction of sp³-hybridized carbons (Fsp3) is 0.322. The Labute approximate surface area is 391 Å². The van der Waals surface area contributed by atoms with Gasteiger partial charge in [-0.3, -0.25) is 0 Å². The first-order valence-electron chi connectivity index (χ1n) is 23.3. The van der Waals surface area contributed by atoms with Crippen LogP contribution in [-0.4, -0.2) is 6.71 Å². The number of thiophene rings is 2. The van der Waals surface area contributed by atoms with Crippen molar-refractivity contribution in [1.82, 2.24) is 0 Å². The molecule has 0 saturated carbocycles. The zero-order chi connectivity index (χ0) is 45.5. The molecule has 0 fully saturated rings. The summed E-state index contributed by atoms with van der Waals surface area (Å²) in [4.78, 5) is 5.40. The zero-order valence-electron chi connectivity index (χ0n) is 40.7. The van der Waals surface area contributed by atoms with Crippen molar-refractivity contribution in [3.05, 3.63) is 147 Å². The van der Waals surface area contributed by atoms with Gasteiger partial charge in [0.1, 0.15) is 0 Å². The third-order valence-corrected chi connectivity index (χ3v) is 16.4. The molecule has 0 bridgehead atoms. The molecule has 6 aromatic carbocycles. The Morgan fingerprint density at radius 3 is 1.66 bits per heavy atom. The van der Waals surface area contributed by atoms with Crippen LogP contribution in [0.1, 0.15) is 127 Å². The molecular weight excluding hydrogens is 812 g/mol. The summed E-state index contributed by atoms with van der Waals surface area (Å²) in [6.45, 7) is 35.2. The molecule has 4 heterocycles. The number of fused-ring (bicyclic) bond motifs is 7. The van der Waals surface area contributed by atoms with E-state index in [-0.39, 0.29) is 23.0 Å². The van der Waals surface area contributed by atoms with Crippen molar-refractivity contribution in [2.24, 2.45) is 0 Å². The fourth-order valence-corrected chi connectivity index (χ4v) is 12.9. The van der Waals surface area contributed by atoms with Gasteiger partial charge in [0.25, 0.3) is 6.71 Å². The van der Waals surface area contributed by atoms with Crippen molar-refractivity contribution >= 4 is 99.4 Å². The van der Waals surface area contributed by atoms with Gasteiger partial charge < -0.3 is 9.80 Å². The maximum Gasteiger partial charge on any atom is 0.264 e. The first-order valence-corrected chi connectivity index (χ1v) is 25.0. The average Bonchev–Trinajstić information content (AvgIpc) is 3.82. The predicted octanol–water partition coefficient (Wildman–Crippen LogP) is 16.1. The molecule has 0 atom stereocenters. The Kier molecular flexibility index (Phi) is 9.84. The first-order chi connectivity index (χ1) is 30.1. The topological polar surface area (TPSA) is 6.48 Å². The summed E-state index contributed by atoms with van der Waals surface area (Å²) in [5, 5.41) is 5.03. The Hall–Kier alpha value is -5.10. The Bertz CT molecular complexity index is 3160. The number of hydrogen-bond acceptors (Lipinski definition) is 4. The standard InChI is InChI=1S/C59H63BN2S2/c1-33(2)39-29-48-52-49(30-39)62(54-36(5)26-42(27-37(54)6)59(13,14)15)55-44-31-40(57(7,8)9)21-23-51(44)64-56(55)60(52)46-22-20-38(45-32-63-50-19-17-16-18-43(45)50)28-47(46)61(48)53-34(3)24-41(25-35(53)4)58(10,11)12/h16-33H,1-15H3. The van der Waals surface area contributed by atoms with E-state index in [1.165, 1.54) is 126 Å². The summed E-state index contributed by atoms with van der Waals surface area (Å²) in [5.41, 5.74) is 23.9. The number of benzene rings is 6. The average molecular weight is 875 g/mol. The van der Waals surface area contributed by atoms with Crippen LogP contribution in [0.4, 0.5) is 34.1 Å². The molecule has 0 unspecified atom stereocenters. The van der Waals surface area contributed by atoms with E-state index in [1.54, 1.807) is 0 Å². The smallest absolute Gasteiger partial charge is 0.264 e. The van der Waals surface area contributed by atoms with Crippen LogP contribution in [0.3, 0.4) is 0 Å². The van der Waals surface area contributed by atoms with E-state index in [4.69, 9.17) is 0 Å². The minimum Gasteiger partial charge on any atom is -0.311 e. The van der Waals surface area contributed by atoms with Gasteiger partial charge in [-0.1, -0.05) is 137 Å². The second-order valence-corrected chi connectivity index (χ2v) is 24.3. The molecule has 2 aliphatic rings. The van der Waals surface area contributed by atoms with Crippen molar-refractivity contribution < 1.29 is 0 Å². The van der Waals surface area contributed by atoms with Crippen molar-refractivity contribution in [2.45, 2.75) is 126 Å². The van der Waals surface area contributed by atoms with E-state index >= 15 is 0 Å². The quantitative estimate of drug-likeness (QED) is 0.163. The summed E-state index contributed by atoms with van der Waals surface area (Å²) in [7, 11) is 0. The lowest BCUT2D eigenvalue weighted by molar-refractivity contribution is 0.589. The molecule has 2 aliphatic heterocycles. The highest BCUT2D eigenvalue weighted by molar-refractivity contribution is 7.33. The molecule has 2 nitrogen and oxygen atoms in total. The zero-order valence-corrected chi connectivity index (χ0v) is 42.3. The number of anilines is 6. The molecule has 5 heteroatoms. The van der Waals surface area contributed by atoms with Gasteiger partial charge in [-0.2, -0.15) is 0 Å². The Morgan fingerprint density at radius 1 is 0.516 bits per heavy atom. The van der Waals surface area contributed by atoms with Gasteiger partial charge in [-0.05, 0) is 153 Å². The molecule has 2 aromatic heterocycles. The highest BCUT2D eigenvalue weighted by atomic mass is 32.1. The van der Waals surface area contributed by atoms with Crippen LogP contribution in [0.25, 0.3) is 31.3 Å². The van der Waals surface area contributed by atoms with E-state index in [1.807, 2.05) is 22.7 Å². The molecule has 64 heavy (non-hydrogen) atoms. The van der Waals surface area contributed by atoms with E-state index in [9.17, 15) is 0 Å². The molecule has 0 amide bonds. The highest BCUT2D eigenvalue weighted by Crippen LogP contribution is 2.52. The number of aryl methyl sites for hydroxylation is 4. The van der Waals surface area contributed by atoms with Crippen molar-refractivity contribution in [3.63, 3.8) is 0 Å². The first kappa shape index (κ1) is 42.8. The minimum absolute atomic E-state index is 0.0109. The van der Waals surface area contributed by atoms with E-state index < -0.39 is 0 Å². The van der Waals surface area contributed by atoms with Crippen molar-refractivity contribution in [3.8, 4) is 11.1 Å². The number of nitrogens with zero attached hydrogens (tertiary/aromatic N) is 2. The summed E-state index contributed by atoms with van der Waals surface area (Å²) in [6.07, 6.45) is 0. The van der Waals surface area contributed by atoms with E-state index in [2.05, 4.69) is 216 Å². The lowest BCUT2D eigenvalue weighted by Crippen LogP contribution is -2.60. The second kappa shape index (κ2) is 14.7. The van der Waals surface area contributed by atoms with Crippen LogP contribution in [0.5, 0.6) is 0 Å². The number of rotatable bonds is 4. The van der Waals surface area contributed by atoms with Gasteiger partial charge in [0.15, 0.2) is 0 Å². The van der Waals surface area contributed by atoms with Crippen LogP contribution in [0.2, 0.25) is 0 Å². The highest BCUT2D eigenvalue weighted by Gasteiger charge is 2.47. The molecule has 324 valence electrons. The van der Waals surface area contributed by atoms with Crippen LogP contribution < -0.4 is 25.5 Å². The van der Waals surface area contributed by atoms with Gasteiger partial charge in [0.2, 0.25) is 0 Å². The van der Waals surface area contributed by atoms with E-state index in [0.717, 1.165) is 0 Å². The molecule has 0 spiro atoms. The van der Waals surface area contributed by atoms with Gasteiger partial charge in [-0.25, -0.2) is 0 Å². The van der Waals surface area contributed by atoms with Gasteiger partial charge in [-0.15, -0.1) is 22.7 Å². The molecule has 0 saturated heterocycles. The second-order valence-electron chi connectivity index (χ2n) is 22.3. The molecular formula is C59H63BN2S2. The molecule has 0 N–H and O–H groups in total. The maximum atomic E-state index is 2.72. The number of hydrogen-bond donors (Lipinski definition) is 0. The molecule has 10 rings (SSSR count). The SMILES string of the molecule is Cc1cc(C(C)(C)C)cc(C)c1N1c2cc(-c3csc4ccccc34)ccc2B2c3sc4ccc(C(C)(C)C)cc4c3N(c3c(C)cc(C(C)(C)C)cc3C)c3cc(C(C)C)cc1c32. The van der Waals surface area contributed by atoms with Gasteiger partial charge in [0.05, 0.1) is 17.1 Å².